The third-order valence-electron chi connectivity index (χ3n) is 10.8. The molecule has 0 saturated carbocycles. The predicted octanol–water partition coefficient (Wildman–Crippen LogP) is 13.5. The molecule has 62 heavy (non-hydrogen) atoms. The third kappa shape index (κ3) is 7.66. The van der Waals surface area contributed by atoms with E-state index in [0.717, 1.165) is 78.1 Å². The van der Waals surface area contributed by atoms with E-state index in [0.29, 0.717) is 28.9 Å². The minimum atomic E-state index is 0.541. The Bertz CT molecular complexity index is 3190. The Morgan fingerprint density at radius 1 is 0.258 bits per heavy atom. The van der Waals surface area contributed by atoms with Crippen LogP contribution in [-0.2, 0) is 0 Å². The van der Waals surface area contributed by atoms with Crippen LogP contribution in [0.1, 0.15) is 5.56 Å². The van der Waals surface area contributed by atoms with Gasteiger partial charge in [0, 0.05) is 33.4 Å². The highest BCUT2D eigenvalue weighted by Crippen LogP contribution is 2.39. The van der Waals surface area contributed by atoms with Crippen LogP contribution in [0.5, 0.6) is 0 Å². The molecular weight excluding hydrogens is 757 g/mol. The fourth-order valence-corrected chi connectivity index (χ4v) is 7.82. The quantitative estimate of drug-likeness (QED) is 0.145. The highest BCUT2D eigenvalue weighted by Gasteiger charge is 2.19. The van der Waals surface area contributed by atoms with Crippen molar-refractivity contribution >= 4 is 0 Å². The Labute approximate surface area is 360 Å². The first kappa shape index (κ1) is 37.6. The average Bonchev–Trinajstić information content (AvgIpc) is 3.37. The van der Waals surface area contributed by atoms with Gasteiger partial charge in [-0.25, -0.2) is 24.9 Å². The summed E-state index contributed by atoms with van der Waals surface area (Å²) in [5.41, 5.74) is 13.8. The van der Waals surface area contributed by atoms with Crippen LogP contribution >= 0.6 is 0 Å². The maximum Gasteiger partial charge on any atom is 0.164 e. The first-order valence-corrected chi connectivity index (χ1v) is 20.4. The van der Waals surface area contributed by atoms with E-state index in [1.807, 2.05) is 140 Å². The molecule has 6 nitrogen and oxygen atoms in total. The van der Waals surface area contributed by atoms with Gasteiger partial charge >= 0.3 is 0 Å². The van der Waals surface area contributed by atoms with Crippen molar-refractivity contribution in [1.82, 2.24) is 24.9 Å². The molecule has 2 aromatic heterocycles. The van der Waals surface area contributed by atoms with Crippen molar-refractivity contribution in [2.45, 2.75) is 0 Å². The molecule has 0 aliphatic heterocycles. The average molecular weight is 793 g/mol. The lowest BCUT2D eigenvalue weighted by Gasteiger charge is -2.15. The Morgan fingerprint density at radius 2 is 0.629 bits per heavy atom. The number of benzene rings is 8. The lowest BCUT2D eigenvalue weighted by atomic mass is 9.92. The van der Waals surface area contributed by atoms with Gasteiger partial charge in [-0.2, -0.15) is 5.26 Å². The molecule has 2 heterocycles. The van der Waals surface area contributed by atoms with Crippen molar-refractivity contribution in [2.24, 2.45) is 0 Å². The lowest BCUT2D eigenvalue weighted by molar-refractivity contribution is 1.07. The molecule has 6 heteroatoms. The minimum absolute atomic E-state index is 0.541. The first-order chi connectivity index (χ1) is 30.7. The van der Waals surface area contributed by atoms with E-state index in [1.165, 1.54) is 0 Å². The summed E-state index contributed by atoms with van der Waals surface area (Å²) in [6.45, 7) is 0. The fourth-order valence-electron chi connectivity index (χ4n) is 7.82. The molecule has 0 fully saturated rings. The molecular formula is C56H36N6. The van der Waals surface area contributed by atoms with Crippen LogP contribution in [0.2, 0.25) is 0 Å². The van der Waals surface area contributed by atoms with Gasteiger partial charge in [0.25, 0.3) is 0 Å². The highest BCUT2D eigenvalue weighted by molar-refractivity contribution is 5.89. The molecule has 0 saturated heterocycles. The molecule has 0 N–H and O–H groups in total. The zero-order valence-corrected chi connectivity index (χ0v) is 33.5. The second-order valence-corrected chi connectivity index (χ2v) is 14.8. The van der Waals surface area contributed by atoms with Crippen LogP contribution in [0, 0.1) is 11.3 Å². The normalized spacial score (nSPS) is 10.9. The predicted molar refractivity (Wildman–Crippen MR) is 249 cm³/mol. The van der Waals surface area contributed by atoms with E-state index < -0.39 is 0 Å². The standard InChI is InChI=1S/C56H36N6/c57-37-38-18-16-25-42(34-38)46-29-11-14-32-49(46)55-60-54(41-23-8-3-9-24-41)61-56(62-55)50-33-15-12-30-47(50)44-27-17-26-43(35-44)45-28-10-13-31-48(45)52-36-51(39-19-4-1-5-20-39)58-53(59-52)40-21-6-2-7-22-40/h1-36H. The summed E-state index contributed by atoms with van der Waals surface area (Å²) in [6, 6.07) is 75.7. The molecule has 0 aliphatic rings. The van der Waals surface area contributed by atoms with Gasteiger partial charge in [-0.1, -0.05) is 194 Å². The third-order valence-corrected chi connectivity index (χ3v) is 10.8. The van der Waals surface area contributed by atoms with Crippen LogP contribution in [-0.4, -0.2) is 24.9 Å². The van der Waals surface area contributed by atoms with Crippen molar-refractivity contribution in [3.8, 4) is 108 Å². The summed E-state index contributed by atoms with van der Waals surface area (Å²) in [6.07, 6.45) is 0. The summed E-state index contributed by atoms with van der Waals surface area (Å²) in [5, 5.41) is 9.70. The Hall–Kier alpha value is -8.66. The molecule has 0 amide bonds. The van der Waals surface area contributed by atoms with Crippen LogP contribution in [0.15, 0.2) is 218 Å². The monoisotopic (exact) mass is 792 g/mol. The van der Waals surface area contributed by atoms with Crippen molar-refractivity contribution in [2.75, 3.05) is 0 Å². The SMILES string of the molecule is N#Cc1cccc(-c2ccccc2-c2nc(-c3ccccc3)nc(-c3ccccc3-c3cccc(-c4ccccc4-c4cc(-c5ccccc5)nc(-c5ccccc5)n4)c3)n2)c1. The number of hydrogen-bond acceptors (Lipinski definition) is 6. The largest absolute Gasteiger partial charge is 0.228 e. The zero-order valence-electron chi connectivity index (χ0n) is 33.5. The lowest BCUT2D eigenvalue weighted by Crippen LogP contribution is -2.02. The second kappa shape index (κ2) is 16.9. The van der Waals surface area contributed by atoms with E-state index >= 15 is 0 Å². The van der Waals surface area contributed by atoms with E-state index in [9.17, 15) is 5.26 Å². The van der Waals surface area contributed by atoms with Crippen molar-refractivity contribution in [1.29, 1.82) is 5.26 Å². The number of aromatic nitrogens is 5. The van der Waals surface area contributed by atoms with E-state index in [-0.39, 0.29) is 0 Å². The molecule has 290 valence electrons. The minimum Gasteiger partial charge on any atom is -0.228 e. The maximum absolute atomic E-state index is 9.70. The molecule has 0 bridgehead atoms. The van der Waals surface area contributed by atoms with Gasteiger partial charge in [0.05, 0.1) is 23.0 Å². The number of rotatable bonds is 9. The molecule has 0 spiro atoms. The molecule has 10 rings (SSSR count). The van der Waals surface area contributed by atoms with E-state index in [1.54, 1.807) is 0 Å². The number of hydrogen-bond donors (Lipinski definition) is 0. The summed E-state index contributed by atoms with van der Waals surface area (Å²) < 4.78 is 0. The van der Waals surface area contributed by atoms with Gasteiger partial charge in [-0.3, -0.25) is 0 Å². The molecule has 0 radical (unpaired) electrons. The van der Waals surface area contributed by atoms with Crippen LogP contribution in [0.4, 0.5) is 0 Å². The van der Waals surface area contributed by atoms with E-state index in [2.05, 4.69) is 84.9 Å². The van der Waals surface area contributed by atoms with Crippen LogP contribution in [0.25, 0.3) is 101 Å². The highest BCUT2D eigenvalue weighted by atomic mass is 15.0. The first-order valence-electron chi connectivity index (χ1n) is 20.4. The Morgan fingerprint density at radius 3 is 1.16 bits per heavy atom. The smallest absolute Gasteiger partial charge is 0.164 e. The van der Waals surface area contributed by atoms with Gasteiger partial charge in [0.2, 0.25) is 0 Å². The fraction of sp³-hybridized carbons (Fsp3) is 0. The molecule has 0 unspecified atom stereocenters. The molecule has 8 aromatic carbocycles. The van der Waals surface area contributed by atoms with Crippen molar-refractivity contribution in [3.05, 3.63) is 224 Å². The van der Waals surface area contributed by atoms with Gasteiger partial charge in [-0.15, -0.1) is 0 Å². The Kier molecular flexibility index (Phi) is 10.3. The topological polar surface area (TPSA) is 88.2 Å². The van der Waals surface area contributed by atoms with E-state index in [4.69, 9.17) is 24.9 Å². The van der Waals surface area contributed by atoms with Crippen LogP contribution < -0.4 is 0 Å². The van der Waals surface area contributed by atoms with Gasteiger partial charge in [0.15, 0.2) is 23.3 Å². The Balaban J connectivity index is 1.10. The van der Waals surface area contributed by atoms with Gasteiger partial charge in [0.1, 0.15) is 0 Å². The zero-order chi connectivity index (χ0) is 41.7. The maximum atomic E-state index is 9.70. The van der Waals surface area contributed by atoms with Crippen LogP contribution in [0.3, 0.4) is 0 Å². The molecule has 10 aromatic rings. The molecule has 0 atom stereocenters. The van der Waals surface area contributed by atoms with Gasteiger partial charge in [-0.05, 0) is 57.6 Å². The number of nitrogens with zero attached hydrogens (tertiary/aromatic N) is 6. The molecule has 0 aliphatic carbocycles. The second-order valence-electron chi connectivity index (χ2n) is 14.8. The summed E-state index contributed by atoms with van der Waals surface area (Å²) in [5.74, 6) is 2.33. The number of nitriles is 1. The van der Waals surface area contributed by atoms with Crippen molar-refractivity contribution in [3.63, 3.8) is 0 Å². The summed E-state index contributed by atoms with van der Waals surface area (Å²) >= 11 is 0. The summed E-state index contributed by atoms with van der Waals surface area (Å²) in [7, 11) is 0. The van der Waals surface area contributed by atoms with Gasteiger partial charge < -0.3 is 0 Å². The van der Waals surface area contributed by atoms with Crippen molar-refractivity contribution < 1.29 is 0 Å². The summed E-state index contributed by atoms with van der Waals surface area (Å²) in [4.78, 5) is 25.6.